The molecule has 1 saturated carbocycles. The van der Waals surface area contributed by atoms with Crippen molar-refractivity contribution in [2.24, 2.45) is 7.05 Å². The Morgan fingerprint density at radius 1 is 1.29 bits per heavy atom. The normalized spacial score (nSPS) is 15.3. The van der Waals surface area contributed by atoms with E-state index in [1.54, 1.807) is 32.2 Å². The number of nitrogens with one attached hydrogen (secondary N) is 2. The van der Waals surface area contributed by atoms with Crippen LogP contribution in [0.5, 0.6) is 0 Å². The van der Waals surface area contributed by atoms with Gasteiger partial charge in [0, 0.05) is 23.7 Å². The summed E-state index contributed by atoms with van der Waals surface area (Å²) in [5.41, 5.74) is 0.929. The van der Waals surface area contributed by atoms with Crippen molar-refractivity contribution in [3.05, 3.63) is 49.7 Å². The Balaban J connectivity index is 2.05. The van der Waals surface area contributed by atoms with E-state index in [0.717, 1.165) is 4.47 Å². The van der Waals surface area contributed by atoms with E-state index in [1.807, 2.05) is 0 Å². The Labute approximate surface area is 176 Å². The summed E-state index contributed by atoms with van der Waals surface area (Å²) in [6.07, 6.45) is 1.16. The van der Waals surface area contributed by atoms with E-state index in [1.165, 1.54) is 10.6 Å². The number of aliphatic hydroxyl groups is 1. The summed E-state index contributed by atoms with van der Waals surface area (Å²) in [6.45, 7) is 1.42. The molecule has 1 aromatic carbocycles. The summed E-state index contributed by atoms with van der Waals surface area (Å²) >= 11 is 9.60. The molecule has 2 aromatic rings. The Hall–Kier alpha value is -1.55. The van der Waals surface area contributed by atoms with Gasteiger partial charge in [-0.1, -0.05) is 27.5 Å². The molecule has 1 aliphatic carbocycles. The molecule has 3 N–H and O–H groups in total. The van der Waals surface area contributed by atoms with Gasteiger partial charge in [0.05, 0.1) is 21.1 Å². The minimum absolute atomic E-state index is 0.175. The van der Waals surface area contributed by atoms with Crippen LogP contribution in [0.1, 0.15) is 24.8 Å². The third-order valence-electron chi connectivity index (χ3n) is 4.97. The fourth-order valence-electron chi connectivity index (χ4n) is 3.09. The highest BCUT2D eigenvalue weighted by Gasteiger charge is 2.54. The maximum atomic E-state index is 12.9. The van der Waals surface area contributed by atoms with Gasteiger partial charge in [0.25, 0.3) is 5.56 Å². The van der Waals surface area contributed by atoms with Crippen molar-refractivity contribution in [2.45, 2.75) is 30.9 Å². The van der Waals surface area contributed by atoms with Gasteiger partial charge in [0.2, 0.25) is 10.0 Å². The predicted molar refractivity (Wildman–Crippen MR) is 115 cm³/mol. The Morgan fingerprint density at radius 2 is 1.96 bits per heavy atom. The van der Waals surface area contributed by atoms with Crippen molar-refractivity contribution < 1.29 is 13.5 Å². The van der Waals surface area contributed by atoms with Crippen LogP contribution in [0.3, 0.4) is 0 Å². The van der Waals surface area contributed by atoms with Crippen LogP contribution in [-0.4, -0.2) is 29.4 Å². The molecule has 28 heavy (non-hydrogen) atoms. The zero-order valence-corrected chi connectivity index (χ0v) is 18.6. The second-order valence-electron chi connectivity index (χ2n) is 6.97. The lowest BCUT2D eigenvalue weighted by atomic mass is 10.2. The molecule has 152 valence electrons. The molecule has 0 radical (unpaired) electrons. The number of benzene rings is 1. The van der Waals surface area contributed by atoms with E-state index < -0.39 is 14.8 Å². The molecule has 0 aliphatic heterocycles. The summed E-state index contributed by atoms with van der Waals surface area (Å²) < 4.78 is 29.7. The van der Waals surface area contributed by atoms with Crippen molar-refractivity contribution in [1.29, 1.82) is 0 Å². The van der Waals surface area contributed by atoms with E-state index >= 15 is 0 Å². The van der Waals surface area contributed by atoms with Gasteiger partial charge in [0.15, 0.2) is 0 Å². The average molecular weight is 491 g/mol. The minimum Gasteiger partial charge on any atom is -0.396 e. The van der Waals surface area contributed by atoms with Gasteiger partial charge in [0.1, 0.15) is 5.82 Å². The summed E-state index contributed by atoms with van der Waals surface area (Å²) in [5.74, 6) is 0.281. The number of hydrogen-bond donors (Lipinski definition) is 3. The summed E-state index contributed by atoms with van der Waals surface area (Å²) in [5, 5.41) is 12.7. The smallest absolute Gasteiger partial charge is 0.254 e. The lowest BCUT2D eigenvalue weighted by Crippen LogP contribution is -2.32. The number of pyridine rings is 1. The molecule has 1 heterocycles. The highest BCUT2D eigenvalue weighted by molar-refractivity contribution is 9.10. The monoisotopic (exact) mass is 489 g/mol. The van der Waals surface area contributed by atoms with E-state index in [2.05, 4.69) is 26.0 Å². The third kappa shape index (κ3) is 3.94. The number of anilines is 3. The van der Waals surface area contributed by atoms with Crippen LogP contribution in [0.2, 0.25) is 5.02 Å². The lowest BCUT2D eigenvalue weighted by molar-refractivity contribution is 0.283. The molecule has 0 atom stereocenters. The standard InChI is InChI=1S/C18H21BrClN3O4S/c1-11-9-15(22-28(26,27)18(5-6-18)7-8-24)16(23(2)17(11)25)21-14-4-3-12(19)10-13(14)20/h3-4,9-10,21-22,24H,5-8H2,1-2H3. The molecule has 10 heteroatoms. The van der Waals surface area contributed by atoms with Crippen molar-refractivity contribution in [3.8, 4) is 0 Å². The van der Waals surface area contributed by atoms with Crippen molar-refractivity contribution >= 4 is 54.7 Å². The van der Waals surface area contributed by atoms with E-state index in [0.29, 0.717) is 29.1 Å². The molecule has 0 amide bonds. The second-order valence-corrected chi connectivity index (χ2v) is 10.4. The quantitative estimate of drug-likeness (QED) is 0.551. The van der Waals surface area contributed by atoms with Crippen LogP contribution in [0.4, 0.5) is 17.2 Å². The molecule has 3 rings (SSSR count). The summed E-state index contributed by atoms with van der Waals surface area (Å²) in [7, 11) is -2.19. The van der Waals surface area contributed by atoms with Crippen LogP contribution in [-0.2, 0) is 17.1 Å². The van der Waals surface area contributed by atoms with E-state index in [9.17, 15) is 18.3 Å². The van der Waals surface area contributed by atoms with Crippen LogP contribution >= 0.6 is 27.5 Å². The topological polar surface area (TPSA) is 100 Å². The molecule has 1 aromatic heterocycles. The predicted octanol–water partition coefficient (Wildman–Crippen LogP) is 3.51. The average Bonchev–Trinajstić information content (AvgIpc) is 3.40. The molecular formula is C18H21BrClN3O4S. The number of aromatic nitrogens is 1. The van der Waals surface area contributed by atoms with Gasteiger partial charge in [-0.15, -0.1) is 0 Å². The van der Waals surface area contributed by atoms with Gasteiger partial charge in [-0.3, -0.25) is 14.1 Å². The van der Waals surface area contributed by atoms with Crippen molar-refractivity contribution in [3.63, 3.8) is 0 Å². The molecule has 0 bridgehead atoms. The number of sulfonamides is 1. The number of nitrogens with zero attached hydrogens (tertiary/aromatic N) is 1. The van der Waals surface area contributed by atoms with Crippen molar-refractivity contribution in [1.82, 2.24) is 4.57 Å². The fraction of sp³-hybridized carbons (Fsp3) is 0.389. The third-order valence-corrected chi connectivity index (χ3v) is 8.01. The van der Waals surface area contributed by atoms with Gasteiger partial charge in [-0.05, 0) is 50.5 Å². The fourth-order valence-corrected chi connectivity index (χ4v) is 5.47. The first-order chi connectivity index (χ1) is 13.1. The first-order valence-corrected chi connectivity index (χ1v) is 11.3. The van der Waals surface area contributed by atoms with Crippen LogP contribution in [0.25, 0.3) is 0 Å². The van der Waals surface area contributed by atoms with E-state index in [4.69, 9.17) is 11.6 Å². The zero-order valence-electron chi connectivity index (χ0n) is 15.4. The molecule has 1 fully saturated rings. The highest BCUT2D eigenvalue weighted by atomic mass is 79.9. The largest absolute Gasteiger partial charge is 0.396 e. The lowest BCUT2D eigenvalue weighted by Gasteiger charge is -2.21. The summed E-state index contributed by atoms with van der Waals surface area (Å²) in [4.78, 5) is 12.4. The number of halogens is 2. The molecular weight excluding hydrogens is 470 g/mol. The van der Waals surface area contributed by atoms with Crippen molar-refractivity contribution in [2.75, 3.05) is 16.6 Å². The van der Waals surface area contributed by atoms with Crippen LogP contribution in [0.15, 0.2) is 33.5 Å². The number of aliphatic hydroxyl groups excluding tert-OH is 1. The number of aryl methyl sites for hydroxylation is 1. The first kappa shape index (κ1) is 21.2. The zero-order chi connectivity index (χ0) is 20.7. The molecule has 1 aliphatic rings. The Bertz CT molecular complexity index is 1080. The minimum atomic E-state index is -3.75. The molecule has 0 unspecified atom stereocenters. The Kier molecular flexibility index (Phi) is 5.82. The second kappa shape index (κ2) is 7.70. The maximum Gasteiger partial charge on any atom is 0.254 e. The van der Waals surface area contributed by atoms with Gasteiger partial charge in [-0.25, -0.2) is 8.42 Å². The molecule has 0 spiro atoms. The van der Waals surface area contributed by atoms with Gasteiger partial charge >= 0.3 is 0 Å². The van der Waals surface area contributed by atoms with Crippen LogP contribution in [0, 0.1) is 6.92 Å². The maximum absolute atomic E-state index is 12.9. The van der Waals surface area contributed by atoms with E-state index in [-0.39, 0.29) is 30.1 Å². The number of rotatable bonds is 7. The van der Waals surface area contributed by atoms with Gasteiger partial charge in [-0.2, -0.15) is 0 Å². The summed E-state index contributed by atoms with van der Waals surface area (Å²) in [6, 6.07) is 6.71. The SMILES string of the molecule is Cc1cc(NS(=O)(=O)C2(CCO)CC2)c(Nc2ccc(Br)cc2Cl)n(C)c1=O. The first-order valence-electron chi connectivity index (χ1n) is 8.66. The Morgan fingerprint density at radius 3 is 2.54 bits per heavy atom. The van der Waals surface area contributed by atoms with Crippen LogP contribution < -0.4 is 15.6 Å². The van der Waals surface area contributed by atoms with Gasteiger partial charge < -0.3 is 10.4 Å². The molecule has 0 saturated heterocycles. The highest BCUT2D eigenvalue weighted by Crippen LogP contribution is 2.47. The molecule has 7 nitrogen and oxygen atoms in total. The number of hydrogen-bond acceptors (Lipinski definition) is 5.